The van der Waals surface area contributed by atoms with Crippen LogP contribution < -0.4 is 0 Å². The lowest BCUT2D eigenvalue weighted by Gasteiger charge is -2.18. The van der Waals surface area contributed by atoms with Crippen LogP contribution in [-0.2, 0) is 9.59 Å². The van der Waals surface area contributed by atoms with E-state index in [2.05, 4.69) is 0 Å². The van der Waals surface area contributed by atoms with Crippen LogP contribution in [0.25, 0.3) is 0 Å². The van der Waals surface area contributed by atoms with Gasteiger partial charge in [-0.3, -0.25) is 9.59 Å². The molecule has 3 heteroatoms. The number of carbonyl (C=O) groups excluding carboxylic acids is 2. The largest absolute Gasteiger partial charge is 0.342 e. The number of hydrogen-bond donors (Lipinski definition) is 0. The van der Waals surface area contributed by atoms with Crippen LogP contribution in [0.3, 0.4) is 0 Å². The van der Waals surface area contributed by atoms with E-state index >= 15 is 0 Å². The Kier molecular flexibility index (Phi) is 3.93. The minimum Gasteiger partial charge on any atom is -0.342 e. The molecule has 1 radical (unpaired) electrons. The molecule has 1 heterocycles. The summed E-state index contributed by atoms with van der Waals surface area (Å²) >= 11 is 0. The number of amides is 1. The molecule has 0 aliphatic carbocycles. The van der Waals surface area contributed by atoms with Gasteiger partial charge in [0.15, 0.2) is 0 Å². The molecule has 0 N–H and O–H groups in total. The smallest absolute Gasteiger partial charge is 0.233 e. The second-order valence-electron chi connectivity index (χ2n) is 3.49. The first-order chi connectivity index (χ1) is 6.29. The summed E-state index contributed by atoms with van der Waals surface area (Å²) < 4.78 is 0. The second-order valence-corrected chi connectivity index (χ2v) is 3.49. The van der Waals surface area contributed by atoms with Crippen LogP contribution in [0, 0.1) is 5.92 Å². The van der Waals surface area contributed by atoms with Crippen molar-refractivity contribution < 1.29 is 9.59 Å². The van der Waals surface area contributed by atoms with Gasteiger partial charge in [-0.25, -0.2) is 0 Å². The zero-order valence-corrected chi connectivity index (χ0v) is 8.08. The summed E-state index contributed by atoms with van der Waals surface area (Å²) in [6.45, 7) is 3.61. The van der Waals surface area contributed by atoms with Crippen molar-refractivity contribution in [1.29, 1.82) is 0 Å². The number of rotatable bonds is 4. The van der Waals surface area contributed by atoms with Crippen LogP contribution in [0.2, 0.25) is 0 Å². The SMILES string of the molecule is CCCC([C]=O)C(=O)N1CCCC1. The van der Waals surface area contributed by atoms with Gasteiger partial charge in [0, 0.05) is 13.1 Å². The molecule has 0 aromatic rings. The van der Waals surface area contributed by atoms with E-state index in [0.717, 1.165) is 32.4 Å². The van der Waals surface area contributed by atoms with Gasteiger partial charge >= 0.3 is 0 Å². The van der Waals surface area contributed by atoms with Crippen LogP contribution >= 0.6 is 0 Å². The summed E-state index contributed by atoms with van der Waals surface area (Å²) in [7, 11) is 0. The Morgan fingerprint density at radius 2 is 2.08 bits per heavy atom. The van der Waals surface area contributed by atoms with Crippen LogP contribution in [0.15, 0.2) is 0 Å². The molecular formula is C10H16NO2. The number of carbonyl (C=O) groups is 1. The van der Waals surface area contributed by atoms with E-state index in [4.69, 9.17) is 0 Å². The fourth-order valence-electron chi connectivity index (χ4n) is 1.68. The summed E-state index contributed by atoms with van der Waals surface area (Å²) in [5, 5.41) is 0. The molecular weight excluding hydrogens is 166 g/mol. The van der Waals surface area contributed by atoms with E-state index in [0.29, 0.717) is 6.42 Å². The predicted octanol–water partition coefficient (Wildman–Crippen LogP) is 1.13. The number of nitrogens with zero attached hydrogens (tertiary/aromatic N) is 1. The maximum absolute atomic E-state index is 11.6. The highest BCUT2D eigenvalue weighted by Gasteiger charge is 2.25. The molecule has 0 aromatic heterocycles. The van der Waals surface area contributed by atoms with E-state index < -0.39 is 5.92 Å². The van der Waals surface area contributed by atoms with Gasteiger partial charge in [0.05, 0.1) is 0 Å². The number of hydrogen-bond acceptors (Lipinski definition) is 2. The fraction of sp³-hybridized carbons (Fsp3) is 0.800. The summed E-state index contributed by atoms with van der Waals surface area (Å²) in [6.07, 6.45) is 5.48. The molecule has 1 rings (SSSR count). The monoisotopic (exact) mass is 182 g/mol. The summed E-state index contributed by atoms with van der Waals surface area (Å²) in [4.78, 5) is 23.9. The van der Waals surface area contributed by atoms with Gasteiger partial charge in [0.2, 0.25) is 12.2 Å². The maximum Gasteiger partial charge on any atom is 0.233 e. The Hall–Kier alpha value is -0.860. The first-order valence-electron chi connectivity index (χ1n) is 4.96. The molecule has 0 aromatic carbocycles. The Bertz CT molecular complexity index is 185. The molecule has 73 valence electrons. The van der Waals surface area contributed by atoms with Crippen molar-refractivity contribution in [2.75, 3.05) is 13.1 Å². The molecule has 0 saturated carbocycles. The molecule has 3 nitrogen and oxygen atoms in total. The topological polar surface area (TPSA) is 37.4 Å². The zero-order valence-electron chi connectivity index (χ0n) is 8.08. The van der Waals surface area contributed by atoms with Crippen LogP contribution in [0.5, 0.6) is 0 Å². The Morgan fingerprint density at radius 3 is 2.54 bits per heavy atom. The van der Waals surface area contributed by atoms with Crippen LogP contribution in [-0.4, -0.2) is 30.2 Å². The summed E-state index contributed by atoms with van der Waals surface area (Å²) in [5.41, 5.74) is 0. The minimum atomic E-state index is -0.511. The van der Waals surface area contributed by atoms with Crippen LogP contribution in [0.4, 0.5) is 0 Å². The van der Waals surface area contributed by atoms with Gasteiger partial charge in [-0.15, -0.1) is 0 Å². The van der Waals surface area contributed by atoms with Crippen molar-refractivity contribution in [1.82, 2.24) is 4.90 Å². The minimum absolute atomic E-state index is 0.0191. The highest BCUT2D eigenvalue weighted by atomic mass is 16.2. The fourth-order valence-corrected chi connectivity index (χ4v) is 1.68. The Labute approximate surface area is 79.1 Å². The van der Waals surface area contributed by atoms with E-state index in [1.165, 1.54) is 0 Å². The third kappa shape index (κ3) is 2.54. The van der Waals surface area contributed by atoms with Gasteiger partial charge in [-0.2, -0.15) is 0 Å². The zero-order chi connectivity index (χ0) is 9.68. The third-order valence-electron chi connectivity index (χ3n) is 2.44. The molecule has 1 aliphatic rings. The lowest BCUT2D eigenvalue weighted by molar-refractivity contribution is -0.132. The molecule has 1 aliphatic heterocycles. The Balaban J connectivity index is 2.47. The van der Waals surface area contributed by atoms with Gasteiger partial charge in [-0.05, 0) is 19.3 Å². The first kappa shape index (κ1) is 10.2. The van der Waals surface area contributed by atoms with E-state index in [1.807, 2.05) is 13.2 Å². The molecule has 1 saturated heterocycles. The summed E-state index contributed by atoms with van der Waals surface area (Å²) in [6, 6.07) is 0. The normalized spacial score (nSPS) is 18.7. The van der Waals surface area contributed by atoms with Crippen molar-refractivity contribution in [3.05, 3.63) is 0 Å². The quantitative estimate of drug-likeness (QED) is 0.611. The molecule has 1 unspecified atom stereocenters. The average Bonchev–Trinajstić information content (AvgIpc) is 2.65. The van der Waals surface area contributed by atoms with Gasteiger partial charge in [0.1, 0.15) is 5.92 Å². The standard InChI is InChI=1S/C10H16NO2/c1-2-5-9(8-12)10(13)11-6-3-4-7-11/h9H,2-7H2,1H3. The molecule has 1 amide bonds. The average molecular weight is 182 g/mol. The van der Waals surface area contributed by atoms with Crippen molar-refractivity contribution in [2.45, 2.75) is 32.6 Å². The lowest BCUT2D eigenvalue weighted by Crippen LogP contribution is -2.34. The summed E-state index contributed by atoms with van der Waals surface area (Å²) in [5.74, 6) is -0.530. The molecule has 13 heavy (non-hydrogen) atoms. The second kappa shape index (κ2) is 5.00. The molecule has 0 spiro atoms. The number of likely N-dealkylation sites (tertiary alicyclic amines) is 1. The molecule has 0 bridgehead atoms. The van der Waals surface area contributed by atoms with E-state index in [-0.39, 0.29) is 5.91 Å². The van der Waals surface area contributed by atoms with E-state index in [1.54, 1.807) is 4.90 Å². The van der Waals surface area contributed by atoms with Gasteiger partial charge in [0.25, 0.3) is 0 Å². The van der Waals surface area contributed by atoms with Crippen molar-refractivity contribution in [3.63, 3.8) is 0 Å². The first-order valence-corrected chi connectivity index (χ1v) is 4.96. The predicted molar refractivity (Wildman–Crippen MR) is 49.9 cm³/mol. The maximum atomic E-state index is 11.6. The molecule has 1 atom stereocenters. The van der Waals surface area contributed by atoms with Crippen molar-refractivity contribution >= 4 is 12.2 Å². The van der Waals surface area contributed by atoms with Crippen molar-refractivity contribution in [3.8, 4) is 0 Å². The van der Waals surface area contributed by atoms with E-state index in [9.17, 15) is 9.59 Å². The van der Waals surface area contributed by atoms with Crippen molar-refractivity contribution in [2.24, 2.45) is 5.92 Å². The molecule has 1 fully saturated rings. The van der Waals surface area contributed by atoms with Gasteiger partial charge < -0.3 is 4.90 Å². The Morgan fingerprint density at radius 1 is 1.46 bits per heavy atom. The highest BCUT2D eigenvalue weighted by molar-refractivity contribution is 5.91. The lowest BCUT2D eigenvalue weighted by atomic mass is 10.0. The van der Waals surface area contributed by atoms with Gasteiger partial charge in [-0.1, -0.05) is 13.3 Å². The highest BCUT2D eigenvalue weighted by Crippen LogP contribution is 2.14. The third-order valence-corrected chi connectivity index (χ3v) is 2.44. The van der Waals surface area contributed by atoms with Crippen LogP contribution in [0.1, 0.15) is 32.6 Å².